The van der Waals surface area contributed by atoms with Gasteiger partial charge in [-0.1, -0.05) is 20.3 Å². The fourth-order valence-electron chi connectivity index (χ4n) is 2.80. The summed E-state index contributed by atoms with van der Waals surface area (Å²) >= 11 is 0. The SMILES string of the molecule is CCC1Cc2c(nn(CC(=O)O)c2C(F)(F)F)C1C. The molecule has 0 amide bonds. The number of rotatable bonds is 3. The summed E-state index contributed by atoms with van der Waals surface area (Å²) in [7, 11) is 0. The minimum Gasteiger partial charge on any atom is -0.480 e. The minimum atomic E-state index is -4.57. The van der Waals surface area contributed by atoms with E-state index >= 15 is 0 Å². The van der Waals surface area contributed by atoms with Gasteiger partial charge in [-0.3, -0.25) is 4.79 Å². The molecule has 0 spiro atoms. The highest BCUT2D eigenvalue weighted by Gasteiger charge is 2.44. The van der Waals surface area contributed by atoms with Gasteiger partial charge in [-0.05, 0) is 12.3 Å². The lowest BCUT2D eigenvalue weighted by Crippen LogP contribution is -2.21. The molecule has 1 aliphatic carbocycles. The van der Waals surface area contributed by atoms with Crippen LogP contribution in [0.15, 0.2) is 0 Å². The highest BCUT2D eigenvalue weighted by molar-refractivity contribution is 5.66. The Labute approximate surface area is 108 Å². The summed E-state index contributed by atoms with van der Waals surface area (Å²) in [5, 5.41) is 12.6. The average Bonchev–Trinajstić information content (AvgIpc) is 2.74. The first-order valence-electron chi connectivity index (χ1n) is 6.14. The molecule has 1 heterocycles. The first-order valence-corrected chi connectivity index (χ1v) is 6.14. The Kier molecular flexibility index (Phi) is 3.32. The number of aromatic nitrogens is 2. The van der Waals surface area contributed by atoms with Crippen LogP contribution in [0.2, 0.25) is 0 Å². The lowest BCUT2D eigenvalue weighted by atomic mass is 9.94. The number of carboxylic acid groups (broad SMARTS) is 1. The quantitative estimate of drug-likeness (QED) is 0.923. The zero-order valence-electron chi connectivity index (χ0n) is 10.7. The monoisotopic (exact) mass is 276 g/mol. The highest BCUT2D eigenvalue weighted by Crippen LogP contribution is 2.44. The molecule has 0 saturated carbocycles. The van der Waals surface area contributed by atoms with Gasteiger partial charge in [0, 0.05) is 11.5 Å². The van der Waals surface area contributed by atoms with Crippen LogP contribution >= 0.6 is 0 Å². The second-order valence-corrected chi connectivity index (χ2v) is 4.92. The molecule has 2 atom stereocenters. The van der Waals surface area contributed by atoms with Crippen molar-refractivity contribution in [2.75, 3.05) is 0 Å². The molecule has 7 heteroatoms. The number of fused-ring (bicyclic) bond motifs is 1. The lowest BCUT2D eigenvalue weighted by Gasteiger charge is -2.15. The number of carboxylic acids is 1. The molecule has 19 heavy (non-hydrogen) atoms. The van der Waals surface area contributed by atoms with Crippen molar-refractivity contribution in [1.29, 1.82) is 0 Å². The van der Waals surface area contributed by atoms with E-state index in [1.165, 1.54) is 0 Å². The van der Waals surface area contributed by atoms with E-state index in [1.807, 2.05) is 13.8 Å². The van der Waals surface area contributed by atoms with Gasteiger partial charge < -0.3 is 5.11 Å². The fourth-order valence-corrected chi connectivity index (χ4v) is 2.80. The van der Waals surface area contributed by atoms with E-state index in [4.69, 9.17) is 5.11 Å². The molecule has 1 N–H and O–H groups in total. The molecule has 1 aromatic rings. The molecule has 106 valence electrons. The standard InChI is InChI=1S/C12H15F3N2O2/c1-3-7-4-8-10(6(7)2)16-17(5-9(18)19)11(8)12(13,14)15/h6-7H,3-5H2,1-2H3,(H,18,19). The van der Waals surface area contributed by atoms with Crippen LogP contribution < -0.4 is 0 Å². The predicted molar refractivity (Wildman–Crippen MR) is 60.8 cm³/mol. The van der Waals surface area contributed by atoms with E-state index in [1.54, 1.807) is 0 Å². The Morgan fingerprint density at radius 3 is 2.63 bits per heavy atom. The third kappa shape index (κ3) is 2.33. The van der Waals surface area contributed by atoms with Crippen molar-refractivity contribution in [3.63, 3.8) is 0 Å². The molecule has 2 rings (SSSR count). The molecule has 0 aliphatic heterocycles. The molecule has 0 aromatic carbocycles. The maximum atomic E-state index is 13.1. The van der Waals surface area contributed by atoms with Crippen molar-refractivity contribution in [3.8, 4) is 0 Å². The Morgan fingerprint density at radius 1 is 1.53 bits per heavy atom. The lowest BCUT2D eigenvalue weighted by molar-refractivity contribution is -0.147. The number of halogens is 3. The summed E-state index contributed by atoms with van der Waals surface area (Å²) < 4.78 is 39.9. The predicted octanol–water partition coefficient (Wildman–Crippen LogP) is 2.67. The molecule has 0 bridgehead atoms. The van der Waals surface area contributed by atoms with E-state index in [0.717, 1.165) is 6.42 Å². The maximum absolute atomic E-state index is 13.1. The normalized spacial score (nSPS) is 22.6. The van der Waals surface area contributed by atoms with Crippen LogP contribution in [-0.2, 0) is 23.9 Å². The van der Waals surface area contributed by atoms with Crippen molar-refractivity contribution < 1.29 is 23.1 Å². The van der Waals surface area contributed by atoms with Crippen LogP contribution in [0.3, 0.4) is 0 Å². The van der Waals surface area contributed by atoms with Gasteiger partial charge in [0.1, 0.15) is 12.2 Å². The molecular weight excluding hydrogens is 261 g/mol. The fraction of sp³-hybridized carbons (Fsp3) is 0.667. The molecule has 4 nitrogen and oxygen atoms in total. The van der Waals surface area contributed by atoms with Gasteiger partial charge in [0.15, 0.2) is 0 Å². The van der Waals surface area contributed by atoms with Gasteiger partial charge in [-0.15, -0.1) is 0 Å². The summed E-state index contributed by atoms with van der Waals surface area (Å²) in [6.07, 6.45) is -3.46. The topological polar surface area (TPSA) is 55.1 Å². The summed E-state index contributed by atoms with van der Waals surface area (Å²) in [5.74, 6) is -1.24. The third-order valence-electron chi connectivity index (χ3n) is 3.76. The van der Waals surface area contributed by atoms with E-state index < -0.39 is 24.4 Å². The van der Waals surface area contributed by atoms with E-state index in [2.05, 4.69) is 5.10 Å². The molecule has 1 aliphatic rings. The summed E-state index contributed by atoms with van der Waals surface area (Å²) in [6, 6.07) is 0. The number of aliphatic carboxylic acids is 1. The smallest absolute Gasteiger partial charge is 0.433 e. The number of alkyl halides is 3. The number of nitrogens with zero attached hydrogens (tertiary/aromatic N) is 2. The molecule has 0 radical (unpaired) electrons. The van der Waals surface area contributed by atoms with Crippen molar-refractivity contribution in [3.05, 3.63) is 17.0 Å². The molecular formula is C12H15F3N2O2. The Hall–Kier alpha value is -1.53. The average molecular weight is 276 g/mol. The van der Waals surface area contributed by atoms with Crippen molar-refractivity contribution in [2.45, 2.75) is 45.3 Å². The van der Waals surface area contributed by atoms with Crippen molar-refractivity contribution in [1.82, 2.24) is 9.78 Å². The first kappa shape index (κ1) is 13.9. The third-order valence-corrected chi connectivity index (χ3v) is 3.76. The Balaban J connectivity index is 2.51. The maximum Gasteiger partial charge on any atom is 0.433 e. The van der Waals surface area contributed by atoms with Gasteiger partial charge in [-0.25, -0.2) is 4.68 Å². The van der Waals surface area contributed by atoms with Crippen LogP contribution in [0.1, 0.15) is 43.1 Å². The van der Waals surface area contributed by atoms with Gasteiger partial charge in [0.2, 0.25) is 0 Å². The van der Waals surface area contributed by atoms with Gasteiger partial charge in [-0.2, -0.15) is 18.3 Å². The summed E-state index contributed by atoms with van der Waals surface area (Å²) in [6.45, 7) is 3.02. The first-order chi connectivity index (χ1) is 8.75. The number of carbonyl (C=O) groups is 1. The van der Waals surface area contributed by atoms with Crippen molar-refractivity contribution in [2.24, 2.45) is 5.92 Å². The van der Waals surface area contributed by atoms with Crippen LogP contribution in [-0.4, -0.2) is 20.9 Å². The summed E-state index contributed by atoms with van der Waals surface area (Å²) in [4.78, 5) is 10.6. The van der Waals surface area contributed by atoms with Gasteiger partial charge >= 0.3 is 12.1 Å². The number of hydrogen-bond acceptors (Lipinski definition) is 2. The zero-order chi connectivity index (χ0) is 14.4. The number of hydrogen-bond donors (Lipinski definition) is 1. The molecule has 2 unspecified atom stereocenters. The van der Waals surface area contributed by atoms with Crippen LogP contribution in [0.25, 0.3) is 0 Å². The Morgan fingerprint density at radius 2 is 2.16 bits per heavy atom. The summed E-state index contributed by atoms with van der Waals surface area (Å²) in [5.41, 5.74) is -0.318. The highest BCUT2D eigenvalue weighted by atomic mass is 19.4. The second kappa shape index (κ2) is 4.54. The van der Waals surface area contributed by atoms with E-state index in [0.29, 0.717) is 16.8 Å². The van der Waals surface area contributed by atoms with Crippen LogP contribution in [0.5, 0.6) is 0 Å². The van der Waals surface area contributed by atoms with Crippen LogP contribution in [0.4, 0.5) is 13.2 Å². The van der Waals surface area contributed by atoms with Gasteiger partial charge in [0.25, 0.3) is 0 Å². The second-order valence-electron chi connectivity index (χ2n) is 4.92. The largest absolute Gasteiger partial charge is 0.480 e. The zero-order valence-corrected chi connectivity index (χ0v) is 10.7. The molecule has 0 fully saturated rings. The van der Waals surface area contributed by atoms with E-state index in [9.17, 15) is 18.0 Å². The molecule has 0 saturated heterocycles. The Bertz CT molecular complexity index is 508. The van der Waals surface area contributed by atoms with E-state index in [-0.39, 0.29) is 17.4 Å². The molecule has 1 aromatic heterocycles. The minimum absolute atomic E-state index is 0.0591. The van der Waals surface area contributed by atoms with Crippen LogP contribution in [0, 0.1) is 5.92 Å². The van der Waals surface area contributed by atoms with Gasteiger partial charge in [0.05, 0.1) is 5.69 Å². The van der Waals surface area contributed by atoms with Crippen molar-refractivity contribution >= 4 is 5.97 Å².